The maximum atomic E-state index is 13.3. The van der Waals surface area contributed by atoms with E-state index in [-0.39, 0.29) is 23.8 Å². The van der Waals surface area contributed by atoms with Crippen LogP contribution in [0.5, 0.6) is 0 Å². The lowest BCUT2D eigenvalue weighted by molar-refractivity contribution is -0.147. The molecule has 162 valence electrons. The third kappa shape index (κ3) is 6.15. The molecule has 0 saturated carbocycles. The summed E-state index contributed by atoms with van der Waals surface area (Å²) in [6.45, 7) is 0.633. The molecule has 0 spiro atoms. The maximum absolute atomic E-state index is 13.3. The van der Waals surface area contributed by atoms with Crippen molar-refractivity contribution in [2.24, 2.45) is 5.92 Å². The van der Waals surface area contributed by atoms with E-state index in [1.807, 2.05) is 36.4 Å². The minimum absolute atomic E-state index is 0.273. The number of halogens is 1. The predicted molar refractivity (Wildman–Crippen MR) is 121 cm³/mol. The fourth-order valence-electron chi connectivity index (χ4n) is 3.71. The van der Waals surface area contributed by atoms with Crippen LogP contribution in [0.1, 0.15) is 24.5 Å². The van der Waals surface area contributed by atoms with Crippen molar-refractivity contribution in [1.29, 1.82) is 0 Å². The average Bonchev–Trinajstić information content (AvgIpc) is 2.83. The first-order valence-electron chi connectivity index (χ1n) is 10.4. The van der Waals surface area contributed by atoms with Crippen molar-refractivity contribution in [2.45, 2.75) is 18.9 Å². The molecule has 0 bridgehead atoms. The van der Waals surface area contributed by atoms with Gasteiger partial charge in [0.2, 0.25) is 0 Å². The highest BCUT2D eigenvalue weighted by Gasteiger charge is 2.26. The fourth-order valence-corrected chi connectivity index (χ4v) is 3.71. The molecule has 3 aromatic carbocycles. The first kappa shape index (κ1) is 22.5. The van der Waals surface area contributed by atoms with E-state index in [0.717, 1.165) is 16.9 Å². The van der Waals surface area contributed by atoms with Gasteiger partial charge in [0, 0.05) is 25.0 Å². The number of ether oxygens (including phenoxy) is 2. The van der Waals surface area contributed by atoms with E-state index >= 15 is 0 Å². The monoisotopic (exact) mass is 421 g/mol. The summed E-state index contributed by atoms with van der Waals surface area (Å²) in [5.74, 6) is -0.940. The summed E-state index contributed by atoms with van der Waals surface area (Å²) in [5, 5.41) is 0. The smallest absolute Gasteiger partial charge is 0.308 e. The molecule has 0 unspecified atom stereocenters. The van der Waals surface area contributed by atoms with Gasteiger partial charge in [-0.05, 0) is 54.8 Å². The van der Waals surface area contributed by atoms with E-state index < -0.39 is 0 Å². The Balaban J connectivity index is 1.79. The molecular formula is C26H28FNO3. The summed E-state index contributed by atoms with van der Waals surface area (Å²) in [6.07, 6.45) is 0.704. The quantitative estimate of drug-likeness (QED) is 0.381. The van der Waals surface area contributed by atoms with Gasteiger partial charge in [-0.25, -0.2) is 4.39 Å². The number of para-hydroxylation sites is 2. The topological polar surface area (TPSA) is 38.8 Å². The van der Waals surface area contributed by atoms with E-state index in [1.165, 1.54) is 19.2 Å². The summed E-state index contributed by atoms with van der Waals surface area (Å²) < 4.78 is 24.0. The van der Waals surface area contributed by atoms with Gasteiger partial charge >= 0.3 is 5.97 Å². The van der Waals surface area contributed by atoms with Crippen molar-refractivity contribution in [3.63, 3.8) is 0 Å². The van der Waals surface area contributed by atoms with Crippen molar-refractivity contribution in [2.75, 3.05) is 25.7 Å². The number of rotatable bonds is 10. The highest BCUT2D eigenvalue weighted by atomic mass is 19.1. The van der Waals surface area contributed by atoms with Crippen LogP contribution in [0.25, 0.3) is 0 Å². The van der Waals surface area contributed by atoms with Crippen LogP contribution in [0, 0.1) is 11.7 Å². The molecule has 0 fully saturated rings. The zero-order valence-corrected chi connectivity index (χ0v) is 17.9. The molecule has 5 heteroatoms. The van der Waals surface area contributed by atoms with Gasteiger partial charge in [0.1, 0.15) is 5.82 Å². The number of hydrogen-bond acceptors (Lipinski definition) is 4. The van der Waals surface area contributed by atoms with Gasteiger partial charge in [-0.15, -0.1) is 0 Å². The van der Waals surface area contributed by atoms with Crippen molar-refractivity contribution < 1.29 is 18.7 Å². The van der Waals surface area contributed by atoms with Crippen molar-refractivity contribution in [3.8, 4) is 0 Å². The molecule has 3 rings (SSSR count). The Morgan fingerprint density at radius 1 is 0.871 bits per heavy atom. The molecule has 3 aromatic rings. The Labute approximate surface area is 183 Å². The Kier molecular flexibility index (Phi) is 8.19. The normalized spacial score (nSPS) is 12.7. The summed E-state index contributed by atoms with van der Waals surface area (Å²) in [5.41, 5.74) is 2.94. The third-order valence-corrected chi connectivity index (χ3v) is 5.40. The first-order chi connectivity index (χ1) is 15.1. The van der Waals surface area contributed by atoms with Crippen LogP contribution in [0.4, 0.5) is 15.8 Å². The molecule has 0 N–H and O–H groups in total. The molecule has 2 atom stereocenters. The number of anilines is 2. The number of nitrogens with zero attached hydrogens (tertiary/aromatic N) is 1. The van der Waals surface area contributed by atoms with Crippen molar-refractivity contribution in [1.82, 2.24) is 0 Å². The predicted octanol–water partition coefficient (Wildman–Crippen LogP) is 5.92. The molecule has 0 saturated heterocycles. The second-order valence-electron chi connectivity index (χ2n) is 7.34. The van der Waals surface area contributed by atoms with Crippen LogP contribution < -0.4 is 4.90 Å². The van der Waals surface area contributed by atoms with Gasteiger partial charge < -0.3 is 14.4 Å². The largest absolute Gasteiger partial charge is 0.469 e. The number of methoxy groups -OCH3 is 2. The van der Waals surface area contributed by atoms with Crippen molar-refractivity contribution in [3.05, 3.63) is 96.3 Å². The molecule has 0 aromatic heterocycles. The first-order valence-corrected chi connectivity index (χ1v) is 10.4. The lowest BCUT2D eigenvalue weighted by atomic mass is 9.93. The minimum Gasteiger partial charge on any atom is -0.469 e. The molecular weight excluding hydrogens is 393 g/mol. The standard InChI is InChI=1S/C26H28FNO3/c1-30-25(20-13-15-22(27)16-14-20)19-21(26(29)31-2)17-18-28(23-9-5-3-6-10-23)24-11-7-4-8-12-24/h3-16,21,25H,17-19H2,1-2H3/t21-,25+/m0/s1. The van der Waals surface area contributed by atoms with Crippen LogP contribution in [0.15, 0.2) is 84.9 Å². The van der Waals surface area contributed by atoms with E-state index in [1.54, 1.807) is 19.2 Å². The summed E-state index contributed by atoms with van der Waals surface area (Å²) >= 11 is 0. The van der Waals surface area contributed by atoms with Gasteiger partial charge in [0.05, 0.1) is 19.1 Å². The van der Waals surface area contributed by atoms with Gasteiger partial charge in [0.25, 0.3) is 0 Å². The average molecular weight is 422 g/mol. The molecule has 0 aliphatic heterocycles. The van der Waals surface area contributed by atoms with Crippen molar-refractivity contribution >= 4 is 17.3 Å². The number of carbonyl (C=O) groups is 1. The Morgan fingerprint density at radius 3 is 1.90 bits per heavy atom. The lowest BCUT2D eigenvalue weighted by Gasteiger charge is -2.28. The molecule has 0 aliphatic carbocycles. The Morgan fingerprint density at radius 2 is 1.42 bits per heavy atom. The number of benzene rings is 3. The molecule has 31 heavy (non-hydrogen) atoms. The molecule has 0 aliphatic rings. The van der Waals surface area contributed by atoms with Crippen LogP contribution >= 0.6 is 0 Å². The van der Waals surface area contributed by atoms with E-state index in [2.05, 4.69) is 29.2 Å². The van der Waals surface area contributed by atoms with Crippen LogP contribution in [0.2, 0.25) is 0 Å². The molecule has 4 nitrogen and oxygen atoms in total. The SMILES string of the molecule is COC(=O)[C@@H](CCN(c1ccccc1)c1ccccc1)C[C@@H](OC)c1ccc(F)cc1. The van der Waals surface area contributed by atoms with E-state index in [4.69, 9.17) is 9.47 Å². The Bertz CT molecular complexity index is 892. The molecule has 0 heterocycles. The molecule has 0 amide bonds. The minimum atomic E-state index is -0.366. The summed E-state index contributed by atoms with van der Waals surface area (Å²) in [4.78, 5) is 14.8. The maximum Gasteiger partial charge on any atom is 0.308 e. The summed E-state index contributed by atoms with van der Waals surface area (Å²) in [7, 11) is 3.00. The second-order valence-corrected chi connectivity index (χ2v) is 7.34. The fraction of sp³-hybridized carbons (Fsp3) is 0.269. The zero-order valence-electron chi connectivity index (χ0n) is 17.9. The second kappa shape index (κ2) is 11.3. The van der Waals surface area contributed by atoms with Gasteiger partial charge in [-0.3, -0.25) is 4.79 Å². The van der Waals surface area contributed by atoms with Gasteiger partial charge in [-0.1, -0.05) is 48.5 Å². The lowest BCUT2D eigenvalue weighted by Crippen LogP contribution is -2.26. The number of hydrogen-bond donors (Lipinski definition) is 0. The number of esters is 1. The Hall–Kier alpha value is -3.18. The highest BCUT2D eigenvalue weighted by molar-refractivity contribution is 5.72. The molecule has 0 radical (unpaired) electrons. The number of carbonyl (C=O) groups excluding carboxylic acids is 1. The van der Waals surface area contributed by atoms with Gasteiger partial charge in [-0.2, -0.15) is 0 Å². The summed E-state index contributed by atoms with van der Waals surface area (Å²) in [6, 6.07) is 26.4. The highest BCUT2D eigenvalue weighted by Crippen LogP contribution is 2.30. The third-order valence-electron chi connectivity index (χ3n) is 5.40. The van der Waals surface area contributed by atoms with E-state index in [9.17, 15) is 9.18 Å². The van der Waals surface area contributed by atoms with E-state index in [0.29, 0.717) is 19.4 Å². The zero-order chi connectivity index (χ0) is 22.1. The van der Waals surface area contributed by atoms with Crippen LogP contribution in [0.3, 0.4) is 0 Å². The van der Waals surface area contributed by atoms with Gasteiger partial charge in [0.15, 0.2) is 0 Å². The van der Waals surface area contributed by atoms with Crippen LogP contribution in [-0.2, 0) is 14.3 Å². The van der Waals surface area contributed by atoms with Crippen LogP contribution in [-0.4, -0.2) is 26.7 Å².